The van der Waals surface area contributed by atoms with Crippen LogP contribution in [0.2, 0.25) is 5.02 Å². The molecule has 0 atom stereocenters. The van der Waals surface area contributed by atoms with Gasteiger partial charge in [-0.2, -0.15) is 5.26 Å². The summed E-state index contributed by atoms with van der Waals surface area (Å²) in [6.45, 7) is 0.419. The average Bonchev–Trinajstić information content (AvgIpc) is 3.08. The van der Waals surface area contributed by atoms with Crippen LogP contribution >= 0.6 is 11.6 Å². The highest BCUT2D eigenvalue weighted by Crippen LogP contribution is 2.37. The van der Waals surface area contributed by atoms with Gasteiger partial charge in [-0.3, -0.25) is 0 Å². The van der Waals surface area contributed by atoms with Crippen molar-refractivity contribution in [2.75, 3.05) is 6.79 Å². The predicted octanol–water partition coefficient (Wildman–Crippen LogP) is 2.26. The molecular formula is C17H15ClN4O3. The largest absolute Gasteiger partial charge is 0.489 e. The van der Waals surface area contributed by atoms with E-state index in [-0.39, 0.29) is 24.8 Å². The summed E-state index contributed by atoms with van der Waals surface area (Å²) in [5.74, 6) is 7.10. The molecule has 0 radical (unpaired) electrons. The Morgan fingerprint density at radius 2 is 2.04 bits per heavy atom. The normalized spacial score (nSPS) is 13.0. The summed E-state index contributed by atoms with van der Waals surface area (Å²) in [4.78, 5) is 0. The lowest BCUT2D eigenvalue weighted by Gasteiger charge is -2.11. The van der Waals surface area contributed by atoms with Gasteiger partial charge in [-0.1, -0.05) is 23.7 Å². The van der Waals surface area contributed by atoms with E-state index in [1.807, 2.05) is 6.07 Å². The van der Waals surface area contributed by atoms with E-state index < -0.39 is 0 Å². The number of nitriles is 1. The zero-order chi connectivity index (χ0) is 17.8. The number of hydrogen-bond donors (Lipinski definition) is 3. The van der Waals surface area contributed by atoms with Crippen LogP contribution in [0.25, 0.3) is 5.70 Å². The summed E-state index contributed by atoms with van der Waals surface area (Å²) in [7, 11) is 0. The van der Waals surface area contributed by atoms with Crippen molar-refractivity contribution >= 4 is 17.3 Å². The molecule has 0 saturated carbocycles. The molecule has 0 amide bonds. The van der Waals surface area contributed by atoms with E-state index in [1.165, 1.54) is 0 Å². The number of nitrogens with two attached hydrogens (primary N) is 2. The average molecular weight is 359 g/mol. The number of benzene rings is 2. The third-order valence-corrected chi connectivity index (χ3v) is 3.96. The van der Waals surface area contributed by atoms with Crippen LogP contribution in [0.4, 0.5) is 0 Å². The second-order valence-electron chi connectivity index (χ2n) is 5.16. The van der Waals surface area contributed by atoms with E-state index >= 15 is 0 Å². The number of halogens is 1. The van der Waals surface area contributed by atoms with Crippen molar-refractivity contribution < 1.29 is 14.2 Å². The van der Waals surface area contributed by atoms with Gasteiger partial charge in [0, 0.05) is 17.2 Å². The first-order valence-corrected chi connectivity index (χ1v) is 7.68. The summed E-state index contributed by atoms with van der Waals surface area (Å²) < 4.78 is 16.4. The van der Waals surface area contributed by atoms with Gasteiger partial charge in [-0.25, -0.2) is 5.84 Å². The van der Waals surface area contributed by atoms with Crippen molar-refractivity contribution in [3.05, 3.63) is 58.2 Å². The van der Waals surface area contributed by atoms with Gasteiger partial charge in [0.15, 0.2) is 17.2 Å². The maximum Gasteiger partial charge on any atom is 0.231 e. The Kier molecular flexibility index (Phi) is 4.84. The van der Waals surface area contributed by atoms with E-state index in [0.29, 0.717) is 27.8 Å². The van der Waals surface area contributed by atoms with Gasteiger partial charge in [0.05, 0.1) is 10.7 Å². The van der Waals surface area contributed by atoms with Gasteiger partial charge in [0.2, 0.25) is 6.79 Å². The minimum atomic E-state index is 0.0796. The number of hydrogen-bond acceptors (Lipinski definition) is 7. The fourth-order valence-corrected chi connectivity index (χ4v) is 2.51. The smallest absolute Gasteiger partial charge is 0.231 e. The van der Waals surface area contributed by atoms with Crippen LogP contribution in [0.15, 0.2) is 42.1 Å². The van der Waals surface area contributed by atoms with Gasteiger partial charge in [0.1, 0.15) is 18.4 Å². The van der Waals surface area contributed by atoms with Crippen molar-refractivity contribution in [1.82, 2.24) is 5.43 Å². The van der Waals surface area contributed by atoms with E-state index in [9.17, 15) is 0 Å². The van der Waals surface area contributed by atoms with Gasteiger partial charge < -0.3 is 25.4 Å². The maximum absolute atomic E-state index is 8.99. The Bertz CT molecular complexity index is 877. The second kappa shape index (κ2) is 7.21. The molecule has 0 fully saturated rings. The van der Waals surface area contributed by atoms with Gasteiger partial charge in [-0.15, -0.1) is 0 Å². The van der Waals surface area contributed by atoms with Gasteiger partial charge in [0.25, 0.3) is 0 Å². The van der Waals surface area contributed by atoms with Crippen LogP contribution in [-0.4, -0.2) is 6.79 Å². The molecule has 0 bridgehead atoms. The molecule has 0 unspecified atom stereocenters. The first-order chi connectivity index (χ1) is 12.1. The number of ether oxygens (including phenoxy) is 3. The van der Waals surface area contributed by atoms with E-state index in [1.54, 1.807) is 36.4 Å². The molecule has 3 rings (SSSR count). The molecule has 1 aliphatic heterocycles. The van der Waals surface area contributed by atoms with Crippen molar-refractivity contribution in [2.24, 2.45) is 11.6 Å². The molecule has 1 heterocycles. The first-order valence-electron chi connectivity index (χ1n) is 7.30. The number of nitrogens with one attached hydrogen (secondary N) is 1. The lowest BCUT2D eigenvalue weighted by Crippen LogP contribution is -2.23. The molecule has 0 aliphatic carbocycles. The minimum absolute atomic E-state index is 0.0796. The van der Waals surface area contributed by atoms with E-state index in [4.69, 9.17) is 42.6 Å². The third kappa shape index (κ3) is 3.55. The molecule has 7 nitrogen and oxygen atoms in total. The molecule has 1 aliphatic rings. The molecule has 0 aromatic heterocycles. The zero-order valence-electron chi connectivity index (χ0n) is 13.1. The Labute approximate surface area is 149 Å². The molecule has 0 saturated heterocycles. The SMILES string of the molecule is N#C/C(NN)=C(/N)c1cccc(OCc2cc3c(cc2Cl)OCO3)c1. The Morgan fingerprint density at radius 1 is 1.28 bits per heavy atom. The van der Waals surface area contributed by atoms with Crippen molar-refractivity contribution in [1.29, 1.82) is 5.26 Å². The molecular weight excluding hydrogens is 344 g/mol. The molecule has 0 spiro atoms. The molecule has 8 heteroatoms. The maximum atomic E-state index is 8.99. The molecule has 25 heavy (non-hydrogen) atoms. The van der Waals surface area contributed by atoms with Crippen LogP contribution in [0, 0.1) is 11.3 Å². The summed E-state index contributed by atoms with van der Waals surface area (Å²) in [6.07, 6.45) is 0. The lowest BCUT2D eigenvalue weighted by molar-refractivity contribution is 0.174. The molecule has 2 aromatic carbocycles. The van der Waals surface area contributed by atoms with E-state index in [0.717, 1.165) is 5.56 Å². The quantitative estimate of drug-likeness (QED) is 0.426. The van der Waals surface area contributed by atoms with Crippen LogP contribution in [0.1, 0.15) is 11.1 Å². The first kappa shape index (κ1) is 16.8. The number of hydrazine groups is 1. The Morgan fingerprint density at radius 3 is 2.76 bits per heavy atom. The number of nitrogens with zero attached hydrogens (tertiary/aromatic N) is 1. The predicted molar refractivity (Wildman–Crippen MR) is 92.4 cm³/mol. The molecule has 128 valence electrons. The molecule has 5 N–H and O–H groups in total. The number of fused-ring (bicyclic) bond motifs is 1. The fourth-order valence-electron chi connectivity index (χ4n) is 2.30. The Balaban J connectivity index is 1.78. The van der Waals surface area contributed by atoms with Crippen molar-refractivity contribution in [2.45, 2.75) is 6.61 Å². The highest BCUT2D eigenvalue weighted by Gasteiger charge is 2.16. The van der Waals surface area contributed by atoms with Crippen LogP contribution in [0.3, 0.4) is 0 Å². The van der Waals surface area contributed by atoms with Crippen LogP contribution in [-0.2, 0) is 6.61 Å². The highest BCUT2D eigenvalue weighted by atomic mass is 35.5. The molecule has 2 aromatic rings. The number of allylic oxidation sites excluding steroid dienone is 1. The van der Waals surface area contributed by atoms with Gasteiger partial charge >= 0.3 is 0 Å². The monoisotopic (exact) mass is 358 g/mol. The second-order valence-corrected chi connectivity index (χ2v) is 5.57. The highest BCUT2D eigenvalue weighted by molar-refractivity contribution is 6.31. The minimum Gasteiger partial charge on any atom is -0.489 e. The van der Waals surface area contributed by atoms with Crippen molar-refractivity contribution in [3.8, 4) is 23.3 Å². The van der Waals surface area contributed by atoms with E-state index in [2.05, 4.69) is 5.43 Å². The van der Waals surface area contributed by atoms with Crippen molar-refractivity contribution in [3.63, 3.8) is 0 Å². The fraction of sp³-hybridized carbons (Fsp3) is 0.118. The standard InChI is InChI=1S/C17H15ClN4O3/c18-13-6-16-15(24-9-25-16)5-11(13)8-23-12-3-1-2-10(4-12)17(20)14(7-19)22-21/h1-6,22H,8-9,20-21H2/b17-14-. The van der Waals surface area contributed by atoms with Gasteiger partial charge in [-0.05, 0) is 18.2 Å². The van der Waals surface area contributed by atoms with Crippen LogP contribution < -0.4 is 31.2 Å². The summed E-state index contributed by atoms with van der Waals surface area (Å²) in [5.41, 5.74) is 9.89. The topological polar surface area (TPSA) is 116 Å². The Hall–Kier alpha value is -3.08. The zero-order valence-corrected chi connectivity index (χ0v) is 13.8. The summed E-state index contributed by atoms with van der Waals surface area (Å²) in [5, 5.41) is 9.51. The lowest BCUT2D eigenvalue weighted by atomic mass is 10.1. The summed E-state index contributed by atoms with van der Waals surface area (Å²) >= 11 is 6.23. The summed E-state index contributed by atoms with van der Waals surface area (Å²) in [6, 6.07) is 12.4. The number of rotatable bonds is 5. The van der Waals surface area contributed by atoms with Crippen LogP contribution in [0.5, 0.6) is 17.2 Å². The third-order valence-electron chi connectivity index (χ3n) is 3.61.